The van der Waals surface area contributed by atoms with E-state index >= 15 is 0 Å². The molecular formula is C24H32N2O2S. The fourth-order valence-corrected chi connectivity index (χ4v) is 3.74. The van der Waals surface area contributed by atoms with Gasteiger partial charge in [-0.2, -0.15) is 0 Å². The minimum absolute atomic E-state index is 0.00401. The number of carbonyl (C=O) groups is 2. The van der Waals surface area contributed by atoms with Crippen molar-refractivity contribution in [3.8, 4) is 0 Å². The Kier molecular flexibility index (Phi) is 9.26. The number of rotatable bonds is 10. The molecule has 0 spiro atoms. The van der Waals surface area contributed by atoms with E-state index in [-0.39, 0.29) is 11.8 Å². The molecule has 0 saturated heterocycles. The Hall–Kier alpha value is -2.27. The topological polar surface area (TPSA) is 49.4 Å². The van der Waals surface area contributed by atoms with Crippen LogP contribution in [0.3, 0.4) is 0 Å². The first-order valence-corrected chi connectivity index (χ1v) is 11.2. The molecule has 29 heavy (non-hydrogen) atoms. The summed E-state index contributed by atoms with van der Waals surface area (Å²) in [6.07, 6.45) is 1.27. The number of hydrogen-bond donors (Lipinski definition) is 1. The van der Waals surface area contributed by atoms with Crippen molar-refractivity contribution >= 4 is 23.6 Å². The summed E-state index contributed by atoms with van der Waals surface area (Å²) in [4.78, 5) is 28.4. The molecule has 0 bridgehead atoms. The number of nitrogens with zero attached hydrogens (tertiary/aromatic N) is 1. The van der Waals surface area contributed by atoms with E-state index in [0.29, 0.717) is 25.3 Å². The number of thioether (sulfide) groups is 1. The van der Waals surface area contributed by atoms with Gasteiger partial charge < -0.3 is 10.2 Å². The van der Waals surface area contributed by atoms with Gasteiger partial charge in [-0.3, -0.25) is 9.59 Å². The molecule has 2 aromatic rings. The summed E-state index contributed by atoms with van der Waals surface area (Å²) in [5.41, 5.74) is 3.43. The Morgan fingerprint density at radius 1 is 1.00 bits per heavy atom. The summed E-state index contributed by atoms with van der Waals surface area (Å²) in [5, 5.41) is 2.91. The molecule has 156 valence electrons. The van der Waals surface area contributed by atoms with Crippen LogP contribution in [0.1, 0.15) is 43.4 Å². The highest BCUT2D eigenvalue weighted by Gasteiger charge is 2.25. The average Bonchev–Trinajstić information content (AvgIpc) is 2.72. The predicted octanol–water partition coefficient (Wildman–Crippen LogP) is 4.73. The lowest BCUT2D eigenvalue weighted by molar-refractivity contribution is -0.140. The quantitative estimate of drug-likeness (QED) is 0.574. The molecule has 0 fully saturated rings. The zero-order chi connectivity index (χ0) is 21.2. The lowest BCUT2D eigenvalue weighted by Gasteiger charge is -2.29. The standard InChI is InChI=1S/C24H32N2O2S/c1-5-15-25-24(28)20(4)26(17-21-10-6-18(2)7-11-21)23(27)14-16-29-22-12-8-19(3)9-13-22/h6-13,20H,5,14-17H2,1-4H3,(H,25,28). The van der Waals surface area contributed by atoms with E-state index in [4.69, 9.17) is 0 Å². The fraction of sp³-hybridized carbons (Fsp3) is 0.417. The molecular weight excluding hydrogens is 380 g/mol. The predicted molar refractivity (Wildman–Crippen MR) is 121 cm³/mol. The van der Waals surface area contributed by atoms with Crippen molar-refractivity contribution in [3.05, 3.63) is 65.2 Å². The number of benzene rings is 2. The first kappa shape index (κ1) is 23.0. The van der Waals surface area contributed by atoms with Crippen LogP contribution in [0.2, 0.25) is 0 Å². The zero-order valence-electron chi connectivity index (χ0n) is 17.9. The normalized spacial score (nSPS) is 11.7. The van der Waals surface area contributed by atoms with Gasteiger partial charge in [0.2, 0.25) is 11.8 Å². The molecule has 0 heterocycles. The van der Waals surface area contributed by atoms with Crippen LogP contribution < -0.4 is 5.32 Å². The van der Waals surface area contributed by atoms with Gasteiger partial charge in [0.25, 0.3) is 0 Å². The highest BCUT2D eigenvalue weighted by atomic mass is 32.2. The van der Waals surface area contributed by atoms with E-state index in [9.17, 15) is 9.59 Å². The van der Waals surface area contributed by atoms with E-state index in [1.165, 1.54) is 11.1 Å². The Balaban J connectivity index is 2.03. The van der Waals surface area contributed by atoms with E-state index in [1.54, 1.807) is 16.7 Å². The van der Waals surface area contributed by atoms with Crippen LogP contribution in [0.4, 0.5) is 0 Å². The Bertz CT molecular complexity index is 788. The fourth-order valence-electron chi connectivity index (χ4n) is 2.90. The second kappa shape index (κ2) is 11.7. The lowest BCUT2D eigenvalue weighted by atomic mass is 10.1. The first-order valence-electron chi connectivity index (χ1n) is 10.2. The summed E-state index contributed by atoms with van der Waals surface area (Å²) in [7, 11) is 0. The van der Waals surface area contributed by atoms with Gasteiger partial charge in [-0.15, -0.1) is 11.8 Å². The van der Waals surface area contributed by atoms with Crippen LogP contribution in [0.15, 0.2) is 53.4 Å². The van der Waals surface area contributed by atoms with E-state index < -0.39 is 6.04 Å². The zero-order valence-corrected chi connectivity index (χ0v) is 18.7. The Morgan fingerprint density at radius 3 is 2.17 bits per heavy atom. The van der Waals surface area contributed by atoms with Crippen LogP contribution in [0.5, 0.6) is 0 Å². The molecule has 1 N–H and O–H groups in total. The van der Waals surface area contributed by atoms with Crippen LogP contribution in [0.25, 0.3) is 0 Å². The Labute approximate surface area is 179 Å². The molecule has 2 aromatic carbocycles. The molecule has 4 nitrogen and oxygen atoms in total. The summed E-state index contributed by atoms with van der Waals surface area (Å²) in [5.74, 6) is 0.595. The van der Waals surface area contributed by atoms with Gasteiger partial charge in [0.15, 0.2) is 0 Å². The molecule has 5 heteroatoms. The van der Waals surface area contributed by atoms with Crippen LogP contribution in [-0.4, -0.2) is 35.1 Å². The number of carbonyl (C=O) groups excluding carboxylic acids is 2. The van der Waals surface area contributed by atoms with Gasteiger partial charge in [0.05, 0.1) is 0 Å². The Morgan fingerprint density at radius 2 is 1.59 bits per heavy atom. The van der Waals surface area contributed by atoms with Gasteiger partial charge in [0, 0.05) is 30.2 Å². The maximum Gasteiger partial charge on any atom is 0.242 e. The molecule has 1 unspecified atom stereocenters. The van der Waals surface area contributed by atoms with E-state index in [2.05, 4.69) is 36.5 Å². The summed E-state index contributed by atoms with van der Waals surface area (Å²) < 4.78 is 0. The average molecular weight is 413 g/mol. The maximum atomic E-state index is 13.0. The molecule has 1 atom stereocenters. The summed E-state index contributed by atoms with van der Waals surface area (Å²) >= 11 is 1.67. The molecule has 2 amide bonds. The minimum atomic E-state index is -0.500. The van der Waals surface area contributed by atoms with E-state index in [0.717, 1.165) is 16.9 Å². The van der Waals surface area contributed by atoms with Crippen molar-refractivity contribution in [2.45, 2.75) is 58.0 Å². The molecule has 0 aliphatic carbocycles. The molecule has 0 radical (unpaired) electrons. The van der Waals surface area contributed by atoms with Gasteiger partial charge in [-0.1, -0.05) is 54.4 Å². The third kappa shape index (κ3) is 7.58. The number of hydrogen-bond acceptors (Lipinski definition) is 3. The van der Waals surface area contributed by atoms with Crippen molar-refractivity contribution in [1.29, 1.82) is 0 Å². The highest BCUT2D eigenvalue weighted by molar-refractivity contribution is 7.99. The number of aryl methyl sites for hydroxylation is 2. The lowest BCUT2D eigenvalue weighted by Crippen LogP contribution is -2.47. The largest absolute Gasteiger partial charge is 0.354 e. The van der Waals surface area contributed by atoms with Crippen molar-refractivity contribution in [2.24, 2.45) is 0 Å². The van der Waals surface area contributed by atoms with Crippen LogP contribution >= 0.6 is 11.8 Å². The summed E-state index contributed by atoms with van der Waals surface area (Å²) in [6, 6.07) is 15.9. The second-order valence-electron chi connectivity index (χ2n) is 7.39. The number of amides is 2. The van der Waals surface area contributed by atoms with Crippen molar-refractivity contribution in [1.82, 2.24) is 10.2 Å². The monoisotopic (exact) mass is 412 g/mol. The third-order valence-corrected chi connectivity index (χ3v) is 5.81. The molecule has 2 rings (SSSR count). The molecule has 0 saturated carbocycles. The van der Waals surface area contributed by atoms with Gasteiger partial charge in [-0.05, 0) is 44.9 Å². The first-order chi connectivity index (χ1) is 13.9. The maximum absolute atomic E-state index is 13.0. The van der Waals surface area contributed by atoms with Gasteiger partial charge in [-0.25, -0.2) is 0 Å². The van der Waals surface area contributed by atoms with Crippen LogP contribution in [-0.2, 0) is 16.1 Å². The van der Waals surface area contributed by atoms with Gasteiger partial charge in [0.1, 0.15) is 6.04 Å². The molecule has 0 aliphatic rings. The smallest absolute Gasteiger partial charge is 0.242 e. The highest BCUT2D eigenvalue weighted by Crippen LogP contribution is 2.20. The summed E-state index contributed by atoms with van der Waals surface area (Å²) in [6.45, 7) is 8.99. The van der Waals surface area contributed by atoms with Crippen molar-refractivity contribution in [2.75, 3.05) is 12.3 Å². The van der Waals surface area contributed by atoms with Crippen LogP contribution in [0, 0.1) is 13.8 Å². The molecule has 0 aliphatic heterocycles. The minimum Gasteiger partial charge on any atom is -0.354 e. The van der Waals surface area contributed by atoms with Gasteiger partial charge >= 0.3 is 0 Å². The molecule has 0 aromatic heterocycles. The SMILES string of the molecule is CCCNC(=O)C(C)N(Cc1ccc(C)cc1)C(=O)CCSc1ccc(C)cc1. The van der Waals surface area contributed by atoms with Crippen molar-refractivity contribution < 1.29 is 9.59 Å². The number of nitrogens with one attached hydrogen (secondary N) is 1. The second-order valence-corrected chi connectivity index (χ2v) is 8.55. The third-order valence-electron chi connectivity index (χ3n) is 4.80. The van der Waals surface area contributed by atoms with Crippen molar-refractivity contribution in [3.63, 3.8) is 0 Å². The van der Waals surface area contributed by atoms with E-state index in [1.807, 2.05) is 45.0 Å².